The van der Waals surface area contributed by atoms with E-state index in [-0.39, 0.29) is 23.4 Å². The van der Waals surface area contributed by atoms with Crippen molar-refractivity contribution in [2.45, 2.75) is 48.0 Å². The Hall–Kier alpha value is -0.660. The average molecular weight is 196 g/mol. The van der Waals surface area contributed by atoms with Crippen LogP contribution in [0.5, 0.6) is 0 Å². The SMILES string of the molecule is CC1(C)C(=O)CC(=O)C(C)(C)C1(C)C. The third kappa shape index (κ3) is 1.09. The first-order chi connectivity index (χ1) is 6.05. The molecule has 0 N–H and O–H groups in total. The Balaban J connectivity index is 3.31. The minimum atomic E-state index is -0.412. The molecule has 0 atom stereocenters. The van der Waals surface area contributed by atoms with Crippen molar-refractivity contribution in [1.82, 2.24) is 0 Å². The van der Waals surface area contributed by atoms with Gasteiger partial charge in [-0.05, 0) is 5.41 Å². The molecular weight excluding hydrogens is 176 g/mol. The Bertz CT molecular complexity index is 267. The zero-order valence-electron chi connectivity index (χ0n) is 10.0. The van der Waals surface area contributed by atoms with Gasteiger partial charge in [0.1, 0.15) is 11.6 Å². The summed E-state index contributed by atoms with van der Waals surface area (Å²) in [5, 5.41) is 0. The highest BCUT2D eigenvalue weighted by Gasteiger charge is 2.58. The van der Waals surface area contributed by atoms with Gasteiger partial charge in [0, 0.05) is 10.8 Å². The van der Waals surface area contributed by atoms with Crippen LogP contribution in [0.4, 0.5) is 0 Å². The summed E-state index contributed by atoms with van der Waals surface area (Å²) < 4.78 is 0. The number of hydrogen-bond donors (Lipinski definition) is 0. The van der Waals surface area contributed by atoms with Gasteiger partial charge in [0.15, 0.2) is 0 Å². The summed E-state index contributed by atoms with van der Waals surface area (Å²) in [7, 11) is 0. The van der Waals surface area contributed by atoms with E-state index in [0.29, 0.717) is 0 Å². The highest BCUT2D eigenvalue weighted by molar-refractivity contribution is 6.07. The lowest BCUT2D eigenvalue weighted by Crippen LogP contribution is -2.57. The van der Waals surface area contributed by atoms with Gasteiger partial charge in [-0.25, -0.2) is 0 Å². The molecule has 0 aromatic carbocycles. The molecule has 14 heavy (non-hydrogen) atoms. The van der Waals surface area contributed by atoms with E-state index in [0.717, 1.165) is 0 Å². The number of carbonyl (C=O) groups is 2. The molecule has 0 aromatic heterocycles. The maximum absolute atomic E-state index is 11.8. The number of rotatable bonds is 0. The summed E-state index contributed by atoms with van der Waals surface area (Å²) >= 11 is 0. The number of carbonyl (C=O) groups excluding carboxylic acids is 2. The number of hydrogen-bond acceptors (Lipinski definition) is 2. The van der Waals surface area contributed by atoms with Crippen LogP contribution >= 0.6 is 0 Å². The standard InChI is InChI=1S/C12H20O2/c1-10(2)8(13)7-9(14)11(3,4)12(10,5)6/h7H2,1-6H3. The molecule has 0 spiro atoms. The molecule has 1 aliphatic rings. The van der Waals surface area contributed by atoms with E-state index >= 15 is 0 Å². The van der Waals surface area contributed by atoms with Crippen molar-refractivity contribution in [3.63, 3.8) is 0 Å². The molecule has 0 aromatic rings. The van der Waals surface area contributed by atoms with E-state index in [4.69, 9.17) is 0 Å². The normalized spacial score (nSPS) is 29.0. The van der Waals surface area contributed by atoms with Crippen molar-refractivity contribution >= 4 is 11.6 Å². The smallest absolute Gasteiger partial charge is 0.146 e. The van der Waals surface area contributed by atoms with Gasteiger partial charge in [-0.2, -0.15) is 0 Å². The van der Waals surface area contributed by atoms with Crippen LogP contribution < -0.4 is 0 Å². The Morgan fingerprint density at radius 1 is 0.786 bits per heavy atom. The lowest BCUT2D eigenvalue weighted by atomic mass is 9.48. The molecule has 1 aliphatic carbocycles. The van der Waals surface area contributed by atoms with Crippen LogP contribution in [0, 0.1) is 16.2 Å². The van der Waals surface area contributed by atoms with Crippen molar-refractivity contribution in [2.75, 3.05) is 0 Å². The fourth-order valence-corrected chi connectivity index (χ4v) is 2.07. The molecule has 0 heterocycles. The Morgan fingerprint density at radius 3 is 1.36 bits per heavy atom. The largest absolute Gasteiger partial charge is 0.299 e. The van der Waals surface area contributed by atoms with E-state index in [1.807, 2.05) is 41.5 Å². The van der Waals surface area contributed by atoms with Crippen LogP contribution in [0.1, 0.15) is 48.0 Å². The Kier molecular flexibility index (Phi) is 2.18. The van der Waals surface area contributed by atoms with Gasteiger partial charge in [-0.15, -0.1) is 0 Å². The van der Waals surface area contributed by atoms with Gasteiger partial charge < -0.3 is 0 Å². The first-order valence-electron chi connectivity index (χ1n) is 5.12. The summed E-state index contributed by atoms with van der Waals surface area (Å²) in [5.74, 6) is 0.152. The van der Waals surface area contributed by atoms with Crippen LogP contribution in [0.3, 0.4) is 0 Å². The van der Waals surface area contributed by atoms with Gasteiger partial charge in [-0.3, -0.25) is 9.59 Å². The van der Waals surface area contributed by atoms with Crippen molar-refractivity contribution in [3.8, 4) is 0 Å². The molecular formula is C12H20O2. The van der Waals surface area contributed by atoms with Crippen molar-refractivity contribution in [1.29, 1.82) is 0 Å². The predicted octanol–water partition coefficient (Wildman–Crippen LogP) is 2.61. The minimum Gasteiger partial charge on any atom is -0.299 e. The summed E-state index contributed by atoms with van der Waals surface area (Å²) in [4.78, 5) is 23.6. The Labute approximate surface area is 86.1 Å². The molecule has 0 unspecified atom stereocenters. The third-order valence-corrected chi connectivity index (χ3v) is 4.84. The molecule has 0 aliphatic heterocycles. The van der Waals surface area contributed by atoms with Crippen LogP contribution in [0.25, 0.3) is 0 Å². The monoisotopic (exact) mass is 196 g/mol. The first-order valence-corrected chi connectivity index (χ1v) is 5.12. The predicted molar refractivity (Wildman–Crippen MR) is 56.0 cm³/mol. The first kappa shape index (κ1) is 11.4. The second kappa shape index (κ2) is 2.68. The van der Waals surface area contributed by atoms with Crippen molar-refractivity contribution < 1.29 is 9.59 Å². The van der Waals surface area contributed by atoms with Gasteiger partial charge in [0.25, 0.3) is 0 Å². The maximum Gasteiger partial charge on any atom is 0.146 e. The van der Waals surface area contributed by atoms with Crippen LogP contribution in [0.15, 0.2) is 0 Å². The Morgan fingerprint density at radius 2 is 1.07 bits per heavy atom. The van der Waals surface area contributed by atoms with Gasteiger partial charge >= 0.3 is 0 Å². The molecule has 80 valence electrons. The summed E-state index contributed by atoms with van der Waals surface area (Å²) in [6, 6.07) is 0. The van der Waals surface area contributed by atoms with Crippen LogP contribution in [0.2, 0.25) is 0 Å². The van der Waals surface area contributed by atoms with Gasteiger partial charge in [0.05, 0.1) is 6.42 Å². The molecule has 1 saturated carbocycles. The zero-order chi connectivity index (χ0) is 11.4. The fourth-order valence-electron chi connectivity index (χ4n) is 2.07. The highest BCUT2D eigenvalue weighted by Crippen LogP contribution is 2.56. The second-order valence-corrected chi connectivity index (χ2v) is 5.90. The van der Waals surface area contributed by atoms with Gasteiger partial charge in [-0.1, -0.05) is 41.5 Å². The fraction of sp³-hybridized carbons (Fsp3) is 0.833. The molecule has 0 saturated heterocycles. The summed E-state index contributed by atoms with van der Waals surface area (Å²) in [6.45, 7) is 11.8. The third-order valence-electron chi connectivity index (χ3n) is 4.84. The van der Waals surface area contributed by atoms with E-state index in [2.05, 4.69) is 0 Å². The highest BCUT2D eigenvalue weighted by atomic mass is 16.2. The molecule has 0 radical (unpaired) electrons. The molecule has 1 rings (SSSR count). The molecule has 0 amide bonds. The van der Waals surface area contributed by atoms with E-state index in [9.17, 15) is 9.59 Å². The number of ketones is 2. The van der Waals surface area contributed by atoms with Crippen LogP contribution in [-0.4, -0.2) is 11.6 Å². The topological polar surface area (TPSA) is 34.1 Å². The number of Topliss-reactive ketones (excluding diaryl/α,β-unsaturated/α-hetero) is 2. The lowest BCUT2D eigenvalue weighted by Gasteiger charge is -2.53. The summed E-state index contributed by atoms with van der Waals surface area (Å²) in [5.41, 5.74) is -1.11. The molecule has 0 bridgehead atoms. The second-order valence-electron chi connectivity index (χ2n) is 5.90. The van der Waals surface area contributed by atoms with Crippen LogP contribution in [-0.2, 0) is 9.59 Å². The average Bonchev–Trinajstić information content (AvgIpc) is 2.01. The van der Waals surface area contributed by atoms with Crippen molar-refractivity contribution in [2.24, 2.45) is 16.2 Å². The summed E-state index contributed by atoms with van der Waals surface area (Å²) in [6.07, 6.45) is 0.101. The molecule has 2 heteroatoms. The van der Waals surface area contributed by atoms with E-state index in [1.54, 1.807) is 0 Å². The quantitative estimate of drug-likeness (QED) is 0.558. The van der Waals surface area contributed by atoms with Crippen molar-refractivity contribution in [3.05, 3.63) is 0 Å². The van der Waals surface area contributed by atoms with Gasteiger partial charge in [0.2, 0.25) is 0 Å². The molecule has 2 nitrogen and oxygen atoms in total. The molecule has 1 fully saturated rings. The minimum absolute atomic E-state index is 0.0758. The lowest BCUT2D eigenvalue weighted by molar-refractivity contribution is -0.160. The van der Waals surface area contributed by atoms with E-state index < -0.39 is 10.8 Å². The zero-order valence-corrected chi connectivity index (χ0v) is 10.0. The maximum atomic E-state index is 11.8. The van der Waals surface area contributed by atoms with E-state index in [1.165, 1.54) is 0 Å².